The number of alkyl halides is 6. The second kappa shape index (κ2) is 9.01. The minimum absolute atomic E-state index is 0.0689. The van der Waals surface area contributed by atoms with Crippen molar-refractivity contribution in [3.8, 4) is 0 Å². The lowest BCUT2D eigenvalue weighted by atomic mass is 9.54. The molecule has 4 saturated carbocycles. The van der Waals surface area contributed by atoms with Crippen molar-refractivity contribution in [2.75, 3.05) is 13.2 Å². The first-order valence-corrected chi connectivity index (χ1v) is 11.8. The molecule has 0 unspecified atom stereocenters. The lowest BCUT2D eigenvalue weighted by molar-refractivity contribution is -0.314. The molecule has 1 aromatic carbocycles. The van der Waals surface area contributed by atoms with Gasteiger partial charge >= 0.3 is 12.4 Å². The van der Waals surface area contributed by atoms with Gasteiger partial charge in [-0.05, 0) is 74.5 Å². The zero-order chi connectivity index (χ0) is 24.9. The van der Waals surface area contributed by atoms with Gasteiger partial charge in [0.1, 0.15) is 0 Å². The summed E-state index contributed by atoms with van der Waals surface area (Å²) in [5.74, 6) is -0.128. The van der Waals surface area contributed by atoms with Crippen molar-refractivity contribution in [1.29, 1.82) is 0 Å². The average Bonchev–Trinajstić information content (AvgIpc) is 2.67. The van der Waals surface area contributed by atoms with Crippen molar-refractivity contribution in [3.05, 3.63) is 33.8 Å². The Morgan fingerprint density at radius 1 is 0.971 bits per heavy atom. The molecule has 0 saturated heterocycles. The van der Waals surface area contributed by atoms with E-state index in [0.29, 0.717) is 17.8 Å². The summed E-state index contributed by atoms with van der Waals surface area (Å²) in [7, 11) is 0. The maximum absolute atomic E-state index is 13.9. The number of halogens is 8. The standard InChI is InChI=1S/C22H24Cl2F6N2O2/c23-15-1-2-16(17(24)8-15)18(33)32-20(21(25,26)27,22(28,29)30)31-3-4-34-19-9-12-5-13(10-19)7-14(6-12)11-19/h1-2,8,12-14,31H,3-7,9-11H2,(H,32,33). The molecule has 1 amide bonds. The number of hydrogen-bond acceptors (Lipinski definition) is 3. The topological polar surface area (TPSA) is 50.4 Å². The summed E-state index contributed by atoms with van der Waals surface area (Å²) in [5, 5.41) is 2.29. The third-order valence-electron chi connectivity index (χ3n) is 7.21. The van der Waals surface area contributed by atoms with Gasteiger partial charge in [-0.2, -0.15) is 26.3 Å². The van der Waals surface area contributed by atoms with Gasteiger partial charge in [-0.1, -0.05) is 23.2 Å². The normalized spacial score (nSPS) is 28.9. The predicted octanol–water partition coefficient (Wildman–Crippen LogP) is 6.12. The quantitative estimate of drug-likeness (QED) is 0.252. The lowest BCUT2D eigenvalue weighted by Gasteiger charge is -2.56. The summed E-state index contributed by atoms with van der Waals surface area (Å²) in [6.07, 6.45) is -6.10. The van der Waals surface area contributed by atoms with Crippen LogP contribution in [-0.2, 0) is 4.74 Å². The average molecular weight is 533 g/mol. The third kappa shape index (κ3) is 4.88. The zero-order valence-electron chi connectivity index (χ0n) is 18.0. The van der Waals surface area contributed by atoms with E-state index in [-0.39, 0.29) is 16.7 Å². The van der Waals surface area contributed by atoms with Gasteiger partial charge in [0.05, 0.1) is 22.8 Å². The van der Waals surface area contributed by atoms with Gasteiger partial charge in [-0.25, -0.2) is 0 Å². The number of nitrogens with one attached hydrogen (secondary N) is 2. The van der Waals surface area contributed by atoms with Gasteiger partial charge < -0.3 is 10.1 Å². The second-order valence-corrected chi connectivity index (χ2v) is 10.5. The number of carbonyl (C=O) groups is 1. The van der Waals surface area contributed by atoms with Gasteiger partial charge in [-0.15, -0.1) is 0 Å². The SMILES string of the molecule is O=C(NC(NCCOC12CC3CC(CC(C3)C1)C2)(C(F)(F)F)C(F)(F)F)c1ccc(Cl)cc1Cl. The molecule has 1 aromatic rings. The molecule has 0 aromatic heterocycles. The molecule has 5 rings (SSSR count). The Hall–Kier alpha value is -1.23. The first-order chi connectivity index (χ1) is 15.7. The van der Waals surface area contributed by atoms with Crippen molar-refractivity contribution in [1.82, 2.24) is 10.6 Å². The van der Waals surface area contributed by atoms with Crippen molar-refractivity contribution in [3.63, 3.8) is 0 Å². The highest BCUT2D eigenvalue weighted by Gasteiger charge is 2.72. The summed E-state index contributed by atoms with van der Waals surface area (Å²) < 4.78 is 89.1. The van der Waals surface area contributed by atoms with E-state index in [1.807, 2.05) is 0 Å². The monoisotopic (exact) mass is 532 g/mol. The van der Waals surface area contributed by atoms with Crippen molar-refractivity contribution in [2.45, 2.75) is 62.1 Å². The van der Waals surface area contributed by atoms with Crippen LogP contribution in [0.3, 0.4) is 0 Å². The van der Waals surface area contributed by atoms with Crippen molar-refractivity contribution >= 4 is 29.1 Å². The molecule has 34 heavy (non-hydrogen) atoms. The molecule has 2 N–H and O–H groups in total. The van der Waals surface area contributed by atoms with Crippen LogP contribution in [-0.4, -0.2) is 42.7 Å². The highest BCUT2D eigenvalue weighted by atomic mass is 35.5. The van der Waals surface area contributed by atoms with Crippen LogP contribution < -0.4 is 10.6 Å². The molecule has 4 aliphatic rings. The van der Waals surface area contributed by atoms with Crippen LogP contribution in [0.2, 0.25) is 10.0 Å². The fraction of sp³-hybridized carbons (Fsp3) is 0.682. The minimum atomic E-state index is -5.90. The Morgan fingerprint density at radius 3 is 1.97 bits per heavy atom. The zero-order valence-corrected chi connectivity index (χ0v) is 19.5. The van der Waals surface area contributed by atoms with Crippen LogP contribution in [0.25, 0.3) is 0 Å². The number of rotatable bonds is 7. The first-order valence-electron chi connectivity index (χ1n) is 11.0. The number of benzene rings is 1. The van der Waals surface area contributed by atoms with Crippen molar-refractivity contribution in [2.24, 2.45) is 17.8 Å². The Morgan fingerprint density at radius 2 is 1.50 bits per heavy atom. The van der Waals surface area contributed by atoms with E-state index in [2.05, 4.69) is 0 Å². The Kier molecular flexibility index (Phi) is 6.85. The van der Waals surface area contributed by atoms with Crippen LogP contribution >= 0.6 is 23.2 Å². The summed E-state index contributed by atoms with van der Waals surface area (Å²) in [5.41, 5.74) is -5.74. The summed E-state index contributed by atoms with van der Waals surface area (Å²) in [4.78, 5) is 12.4. The molecular weight excluding hydrogens is 509 g/mol. The van der Waals surface area contributed by atoms with Crippen LogP contribution in [0.5, 0.6) is 0 Å². The van der Waals surface area contributed by atoms with E-state index in [4.69, 9.17) is 27.9 Å². The predicted molar refractivity (Wildman–Crippen MR) is 114 cm³/mol. The van der Waals surface area contributed by atoms with Crippen LogP contribution in [0.1, 0.15) is 48.9 Å². The Bertz CT molecular complexity index is 888. The summed E-state index contributed by atoms with van der Waals surface area (Å²) in [6, 6.07) is 3.14. The van der Waals surface area contributed by atoms with E-state index in [0.717, 1.165) is 62.0 Å². The molecule has 0 atom stereocenters. The summed E-state index contributed by atoms with van der Waals surface area (Å²) in [6.45, 7) is -1.12. The Balaban J connectivity index is 1.48. The summed E-state index contributed by atoms with van der Waals surface area (Å²) >= 11 is 11.5. The molecule has 0 aliphatic heterocycles. The molecule has 0 radical (unpaired) electrons. The van der Waals surface area contributed by atoms with Gasteiger partial charge in [-0.3, -0.25) is 10.1 Å². The first kappa shape index (κ1) is 25.9. The molecule has 190 valence electrons. The van der Waals surface area contributed by atoms with Crippen LogP contribution in [0.4, 0.5) is 26.3 Å². The van der Waals surface area contributed by atoms with E-state index in [9.17, 15) is 31.1 Å². The Labute approximate surface area is 202 Å². The van der Waals surface area contributed by atoms with E-state index in [1.165, 1.54) is 5.32 Å². The third-order valence-corrected chi connectivity index (χ3v) is 7.76. The number of amides is 1. The van der Waals surface area contributed by atoms with Crippen LogP contribution in [0, 0.1) is 17.8 Å². The van der Waals surface area contributed by atoms with E-state index >= 15 is 0 Å². The molecule has 4 fully saturated rings. The van der Waals surface area contributed by atoms with E-state index < -0.39 is 41.6 Å². The maximum atomic E-state index is 13.9. The highest BCUT2D eigenvalue weighted by molar-refractivity contribution is 6.36. The molecule has 4 nitrogen and oxygen atoms in total. The van der Waals surface area contributed by atoms with Gasteiger partial charge in [0.2, 0.25) is 0 Å². The molecular formula is C22H24Cl2F6N2O2. The molecule has 0 heterocycles. The van der Waals surface area contributed by atoms with Crippen LogP contribution in [0.15, 0.2) is 18.2 Å². The smallest absolute Gasteiger partial charge is 0.374 e. The molecule has 0 spiro atoms. The molecule has 4 aliphatic carbocycles. The largest absolute Gasteiger partial charge is 0.434 e. The number of carbonyl (C=O) groups excluding carboxylic acids is 1. The fourth-order valence-corrected chi connectivity index (χ4v) is 6.67. The second-order valence-electron chi connectivity index (χ2n) is 9.70. The lowest BCUT2D eigenvalue weighted by Crippen LogP contribution is -2.75. The highest BCUT2D eigenvalue weighted by Crippen LogP contribution is 2.57. The van der Waals surface area contributed by atoms with E-state index in [1.54, 1.807) is 0 Å². The fourth-order valence-electron chi connectivity index (χ4n) is 6.17. The maximum Gasteiger partial charge on any atom is 0.434 e. The molecule has 12 heteroatoms. The van der Waals surface area contributed by atoms with Crippen molar-refractivity contribution < 1.29 is 35.9 Å². The number of hydrogen-bond donors (Lipinski definition) is 2. The van der Waals surface area contributed by atoms with Gasteiger partial charge in [0.25, 0.3) is 11.6 Å². The minimum Gasteiger partial charge on any atom is -0.374 e. The van der Waals surface area contributed by atoms with Gasteiger partial charge in [0, 0.05) is 11.6 Å². The molecule has 4 bridgehead atoms. The van der Waals surface area contributed by atoms with Gasteiger partial charge in [0.15, 0.2) is 0 Å². The number of ether oxygens (including phenoxy) is 1.